The van der Waals surface area contributed by atoms with Gasteiger partial charge in [-0.25, -0.2) is 0 Å². The first kappa shape index (κ1) is 11.6. The molecule has 0 amide bonds. The lowest BCUT2D eigenvalue weighted by molar-refractivity contribution is -0.142. The lowest BCUT2D eigenvalue weighted by Gasteiger charge is -2.13. The second-order valence-electron chi connectivity index (χ2n) is 4.02. The van der Waals surface area contributed by atoms with Crippen molar-refractivity contribution in [2.45, 2.75) is 13.0 Å². The highest BCUT2D eigenvalue weighted by atomic mass is 16.5. The van der Waals surface area contributed by atoms with Crippen molar-refractivity contribution in [3.05, 3.63) is 47.5 Å². The molecule has 0 aliphatic heterocycles. The molecule has 0 aromatic heterocycles. The lowest BCUT2D eigenvalue weighted by Crippen LogP contribution is -2.22. The summed E-state index contributed by atoms with van der Waals surface area (Å²) in [6.45, 7) is 2.04. The number of hydrogen-bond donors (Lipinski definition) is 1. The number of rotatable bonds is 2. The summed E-state index contributed by atoms with van der Waals surface area (Å²) in [4.78, 5) is 11.5. The third-order valence-corrected chi connectivity index (χ3v) is 2.97. The summed E-state index contributed by atoms with van der Waals surface area (Å²) in [5, 5.41) is 2.12. The van der Waals surface area contributed by atoms with Gasteiger partial charge in [-0.3, -0.25) is 4.79 Å². The van der Waals surface area contributed by atoms with Crippen LogP contribution in [0.15, 0.2) is 36.4 Å². The monoisotopic (exact) mass is 229 g/mol. The zero-order chi connectivity index (χ0) is 12.4. The molecule has 2 rings (SSSR count). The van der Waals surface area contributed by atoms with Gasteiger partial charge in [-0.15, -0.1) is 0 Å². The van der Waals surface area contributed by atoms with Crippen LogP contribution < -0.4 is 5.73 Å². The fourth-order valence-electron chi connectivity index (χ4n) is 2.00. The normalized spacial score (nSPS) is 12.4. The Bertz CT molecular complexity index is 563. The van der Waals surface area contributed by atoms with Gasteiger partial charge in [0, 0.05) is 0 Å². The minimum Gasteiger partial charge on any atom is -0.468 e. The number of carbonyl (C=O) groups excluding carboxylic acids is 1. The van der Waals surface area contributed by atoms with Gasteiger partial charge in [0.05, 0.1) is 7.11 Å². The van der Waals surface area contributed by atoms with E-state index in [-0.39, 0.29) is 0 Å². The van der Waals surface area contributed by atoms with Gasteiger partial charge in [-0.2, -0.15) is 0 Å². The predicted molar refractivity (Wildman–Crippen MR) is 67.6 cm³/mol. The zero-order valence-corrected chi connectivity index (χ0v) is 9.94. The molecule has 0 heterocycles. The Morgan fingerprint density at radius 1 is 1.18 bits per heavy atom. The molecule has 2 aromatic rings. The molecule has 0 aliphatic rings. The highest BCUT2D eigenvalue weighted by molar-refractivity contribution is 5.92. The summed E-state index contributed by atoms with van der Waals surface area (Å²) < 4.78 is 4.68. The van der Waals surface area contributed by atoms with Crippen LogP contribution in [0.2, 0.25) is 0 Å². The molecule has 0 saturated carbocycles. The molecule has 17 heavy (non-hydrogen) atoms. The standard InChI is InChI=1S/C14H15NO2/c1-9-7-8-12(13(15)14(16)17-2)11-6-4-3-5-10(9)11/h3-8,13H,15H2,1-2H3. The van der Waals surface area contributed by atoms with E-state index in [1.54, 1.807) is 0 Å². The molecule has 3 heteroatoms. The van der Waals surface area contributed by atoms with E-state index in [0.29, 0.717) is 0 Å². The summed E-state index contributed by atoms with van der Waals surface area (Å²) in [5.74, 6) is -0.418. The number of methoxy groups -OCH3 is 1. The van der Waals surface area contributed by atoms with Crippen LogP contribution in [0.5, 0.6) is 0 Å². The molecule has 0 saturated heterocycles. The number of benzene rings is 2. The minimum atomic E-state index is -0.731. The molecule has 1 atom stereocenters. The van der Waals surface area contributed by atoms with E-state index in [1.165, 1.54) is 12.7 Å². The van der Waals surface area contributed by atoms with E-state index in [2.05, 4.69) is 4.74 Å². The quantitative estimate of drug-likeness (QED) is 0.804. The van der Waals surface area contributed by atoms with Gasteiger partial charge in [0.15, 0.2) is 0 Å². The summed E-state index contributed by atoms with van der Waals surface area (Å²) in [6, 6.07) is 11.0. The number of ether oxygens (including phenoxy) is 1. The fraction of sp³-hybridized carbons (Fsp3) is 0.214. The van der Waals surface area contributed by atoms with Crippen LogP contribution in [0.25, 0.3) is 10.8 Å². The summed E-state index contributed by atoms with van der Waals surface area (Å²) >= 11 is 0. The van der Waals surface area contributed by atoms with Crippen LogP contribution in [0.3, 0.4) is 0 Å². The number of nitrogens with two attached hydrogens (primary N) is 1. The topological polar surface area (TPSA) is 52.3 Å². The Morgan fingerprint density at radius 3 is 2.47 bits per heavy atom. The smallest absolute Gasteiger partial charge is 0.327 e. The van der Waals surface area contributed by atoms with Crippen molar-refractivity contribution >= 4 is 16.7 Å². The van der Waals surface area contributed by atoms with Crippen molar-refractivity contribution in [2.24, 2.45) is 5.73 Å². The van der Waals surface area contributed by atoms with Gasteiger partial charge in [0.1, 0.15) is 6.04 Å². The number of esters is 1. The molecule has 0 bridgehead atoms. The van der Waals surface area contributed by atoms with Crippen LogP contribution in [0.1, 0.15) is 17.2 Å². The van der Waals surface area contributed by atoms with Crippen LogP contribution >= 0.6 is 0 Å². The van der Waals surface area contributed by atoms with E-state index in [0.717, 1.165) is 16.3 Å². The highest BCUT2D eigenvalue weighted by Crippen LogP contribution is 2.26. The van der Waals surface area contributed by atoms with Crippen molar-refractivity contribution in [3.8, 4) is 0 Å². The van der Waals surface area contributed by atoms with Gasteiger partial charge in [0.2, 0.25) is 0 Å². The Morgan fingerprint density at radius 2 is 1.82 bits per heavy atom. The molecule has 0 radical (unpaired) electrons. The third kappa shape index (κ3) is 2.01. The zero-order valence-electron chi connectivity index (χ0n) is 9.94. The second-order valence-corrected chi connectivity index (χ2v) is 4.02. The highest BCUT2D eigenvalue weighted by Gasteiger charge is 2.18. The molecule has 0 aliphatic carbocycles. The SMILES string of the molecule is COC(=O)C(N)c1ccc(C)c2ccccc12. The summed E-state index contributed by atoms with van der Waals surface area (Å²) in [6.07, 6.45) is 0. The van der Waals surface area contributed by atoms with Gasteiger partial charge in [-0.1, -0.05) is 36.4 Å². The molecule has 3 nitrogen and oxygen atoms in total. The number of aryl methyl sites for hydroxylation is 1. The predicted octanol–water partition coefficient (Wildman–Crippen LogP) is 2.32. The minimum absolute atomic E-state index is 0.418. The summed E-state index contributed by atoms with van der Waals surface area (Å²) in [7, 11) is 1.35. The molecular formula is C14H15NO2. The molecule has 0 fully saturated rings. The fourth-order valence-corrected chi connectivity index (χ4v) is 2.00. The number of carbonyl (C=O) groups is 1. The lowest BCUT2D eigenvalue weighted by atomic mass is 9.96. The van der Waals surface area contributed by atoms with Crippen molar-refractivity contribution in [1.82, 2.24) is 0 Å². The van der Waals surface area contributed by atoms with Crippen LogP contribution in [0, 0.1) is 6.92 Å². The Balaban J connectivity index is 2.63. The molecule has 0 spiro atoms. The van der Waals surface area contributed by atoms with E-state index < -0.39 is 12.0 Å². The molecule has 1 unspecified atom stereocenters. The largest absolute Gasteiger partial charge is 0.468 e. The van der Waals surface area contributed by atoms with E-state index in [9.17, 15) is 4.79 Å². The van der Waals surface area contributed by atoms with Crippen molar-refractivity contribution in [3.63, 3.8) is 0 Å². The van der Waals surface area contributed by atoms with Gasteiger partial charge in [-0.05, 0) is 28.8 Å². The van der Waals surface area contributed by atoms with Gasteiger partial charge >= 0.3 is 5.97 Å². The van der Waals surface area contributed by atoms with E-state index in [1.807, 2.05) is 43.3 Å². The Kier molecular flexibility index (Phi) is 3.11. The van der Waals surface area contributed by atoms with Crippen LogP contribution in [-0.2, 0) is 9.53 Å². The average molecular weight is 229 g/mol. The molecule has 88 valence electrons. The van der Waals surface area contributed by atoms with Crippen molar-refractivity contribution < 1.29 is 9.53 Å². The maximum atomic E-state index is 11.5. The van der Waals surface area contributed by atoms with Gasteiger partial charge in [0.25, 0.3) is 0 Å². The van der Waals surface area contributed by atoms with Crippen molar-refractivity contribution in [1.29, 1.82) is 0 Å². The first-order valence-electron chi connectivity index (χ1n) is 5.47. The van der Waals surface area contributed by atoms with Gasteiger partial charge < -0.3 is 10.5 Å². The average Bonchev–Trinajstić information content (AvgIpc) is 2.38. The van der Waals surface area contributed by atoms with Crippen LogP contribution in [-0.4, -0.2) is 13.1 Å². The number of fused-ring (bicyclic) bond motifs is 1. The first-order chi connectivity index (χ1) is 8.15. The first-order valence-corrected chi connectivity index (χ1v) is 5.47. The Labute approximate surface area is 100 Å². The van der Waals surface area contributed by atoms with Crippen molar-refractivity contribution in [2.75, 3.05) is 7.11 Å². The molecule has 2 N–H and O–H groups in total. The second kappa shape index (κ2) is 4.55. The molecular weight excluding hydrogens is 214 g/mol. The third-order valence-electron chi connectivity index (χ3n) is 2.97. The maximum absolute atomic E-state index is 11.5. The molecule has 2 aromatic carbocycles. The van der Waals surface area contributed by atoms with E-state index >= 15 is 0 Å². The maximum Gasteiger partial charge on any atom is 0.327 e. The summed E-state index contributed by atoms with van der Waals surface area (Å²) in [5.41, 5.74) is 7.86. The van der Waals surface area contributed by atoms with E-state index in [4.69, 9.17) is 5.73 Å². The number of hydrogen-bond acceptors (Lipinski definition) is 3. The van der Waals surface area contributed by atoms with Crippen LogP contribution in [0.4, 0.5) is 0 Å². The Hall–Kier alpha value is -1.87.